The number of esters is 1. The number of aromatic nitrogens is 1. The zero-order chi connectivity index (χ0) is 15.4. The number of H-pyrrole nitrogens is 1. The average Bonchev–Trinajstić information content (AvgIpc) is 2.91. The molecule has 0 amide bonds. The lowest BCUT2D eigenvalue weighted by atomic mass is 9.92. The van der Waals surface area contributed by atoms with Gasteiger partial charge >= 0.3 is 5.97 Å². The molecule has 0 saturated heterocycles. The standard InChI is InChI=1S/C16H22N2O3/c1-4-21-16(19)15(17)10(2)12-8-18-13-7-5-6-11(9-20-3)14(12)13/h5-8,10,15,18H,4,9,17H2,1-3H3. The van der Waals surface area contributed by atoms with Gasteiger partial charge in [0.05, 0.1) is 13.2 Å². The highest BCUT2D eigenvalue weighted by Crippen LogP contribution is 2.30. The first-order valence-electron chi connectivity index (χ1n) is 7.10. The number of nitrogens with one attached hydrogen (secondary N) is 1. The van der Waals surface area contributed by atoms with E-state index >= 15 is 0 Å². The van der Waals surface area contributed by atoms with Crippen LogP contribution in [0.3, 0.4) is 0 Å². The van der Waals surface area contributed by atoms with Gasteiger partial charge in [-0.15, -0.1) is 0 Å². The lowest BCUT2D eigenvalue weighted by Gasteiger charge is -2.18. The largest absolute Gasteiger partial charge is 0.465 e. The number of hydrogen-bond acceptors (Lipinski definition) is 4. The summed E-state index contributed by atoms with van der Waals surface area (Å²) in [4.78, 5) is 15.1. The normalized spacial score (nSPS) is 14.1. The number of aromatic amines is 1. The number of hydrogen-bond donors (Lipinski definition) is 2. The molecule has 0 aliphatic rings. The van der Waals surface area contributed by atoms with Crippen molar-refractivity contribution in [3.8, 4) is 0 Å². The summed E-state index contributed by atoms with van der Waals surface area (Å²) in [5.41, 5.74) is 9.14. The molecule has 0 aliphatic heterocycles. The summed E-state index contributed by atoms with van der Waals surface area (Å²) >= 11 is 0. The molecule has 0 saturated carbocycles. The van der Waals surface area contributed by atoms with Crippen molar-refractivity contribution in [2.75, 3.05) is 13.7 Å². The number of rotatable bonds is 6. The third-order valence-corrected chi connectivity index (χ3v) is 3.71. The Morgan fingerprint density at radius 3 is 2.86 bits per heavy atom. The van der Waals surface area contributed by atoms with Crippen molar-refractivity contribution in [1.82, 2.24) is 4.98 Å². The van der Waals surface area contributed by atoms with Gasteiger partial charge < -0.3 is 20.2 Å². The van der Waals surface area contributed by atoms with Gasteiger partial charge in [-0.05, 0) is 24.1 Å². The molecule has 0 radical (unpaired) electrons. The van der Waals surface area contributed by atoms with E-state index < -0.39 is 6.04 Å². The van der Waals surface area contributed by atoms with Crippen LogP contribution in [0.1, 0.15) is 30.9 Å². The monoisotopic (exact) mass is 290 g/mol. The van der Waals surface area contributed by atoms with Crippen molar-refractivity contribution < 1.29 is 14.3 Å². The second-order valence-corrected chi connectivity index (χ2v) is 5.08. The van der Waals surface area contributed by atoms with Crippen LogP contribution < -0.4 is 5.73 Å². The van der Waals surface area contributed by atoms with Crippen molar-refractivity contribution in [2.45, 2.75) is 32.4 Å². The summed E-state index contributed by atoms with van der Waals surface area (Å²) in [5.74, 6) is -0.514. The van der Waals surface area contributed by atoms with E-state index in [4.69, 9.17) is 15.2 Å². The fourth-order valence-electron chi connectivity index (χ4n) is 2.56. The maximum absolute atomic E-state index is 11.8. The molecule has 3 N–H and O–H groups in total. The minimum absolute atomic E-state index is 0.143. The predicted molar refractivity (Wildman–Crippen MR) is 82.0 cm³/mol. The van der Waals surface area contributed by atoms with Crippen LogP contribution in [0.4, 0.5) is 0 Å². The topological polar surface area (TPSA) is 77.3 Å². The Balaban J connectivity index is 2.39. The molecular weight excluding hydrogens is 268 g/mol. The van der Waals surface area contributed by atoms with Gasteiger partial charge in [0.15, 0.2) is 0 Å². The SMILES string of the molecule is CCOC(=O)C(N)C(C)c1c[nH]c2cccc(COC)c12. The summed E-state index contributed by atoms with van der Waals surface area (Å²) in [6, 6.07) is 5.32. The van der Waals surface area contributed by atoms with E-state index in [9.17, 15) is 4.79 Å². The minimum atomic E-state index is -0.681. The molecule has 2 aromatic rings. The summed E-state index contributed by atoms with van der Waals surface area (Å²) < 4.78 is 10.3. The first-order valence-corrected chi connectivity index (χ1v) is 7.10. The third kappa shape index (κ3) is 3.09. The van der Waals surface area contributed by atoms with E-state index in [1.54, 1.807) is 14.0 Å². The zero-order valence-electron chi connectivity index (χ0n) is 12.7. The highest BCUT2D eigenvalue weighted by molar-refractivity contribution is 5.88. The highest BCUT2D eigenvalue weighted by atomic mass is 16.5. The average molecular weight is 290 g/mol. The molecular formula is C16H22N2O3. The Labute approximate surface area is 124 Å². The predicted octanol–water partition coefficient (Wildman–Crippen LogP) is 2.31. The number of carbonyl (C=O) groups excluding carboxylic acids is 1. The molecule has 5 nitrogen and oxygen atoms in total. The number of benzene rings is 1. The Morgan fingerprint density at radius 1 is 1.43 bits per heavy atom. The fourth-order valence-corrected chi connectivity index (χ4v) is 2.56. The van der Waals surface area contributed by atoms with Crippen molar-refractivity contribution in [2.24, 2.45) is 5.73 Å². The van der Waals surface area contributed by atoms with Crippen LogP contribution in [0, 0.1) is 0 Å². The van der Waals surface area contributed by atoms with Gasteiger partial charge in [0.2, 0.25) is 0 Å². The smallest absolute Gasteiger partial charge is 0.323 e. The van der Waals surface area contributed by atoms with Gasteiger partial charge in [-0.2, -0.15) is 0 Å². The van der Waals surface area contributed by atoms with E-state index in [-0.39, 0.29) is 11.9 Å². The van der Waals surface area contributed by atoms with Crippen LogP contribution in [0.25, 0.3) is 10.9 Å². The van der Waals surface area contributed by atoms with E-state index in [1.807, 2.05) is 31.3 Å². The Kier molecular flexibility index (Phi) is 4.98. The molecule has 1 aromatic heterocycles. The Morgan fingerprint density at radius 2 is 2.19 bits per heavy atom. The number of methoxy groups -OCH3 is 1. The molecule has 2 atom stereocenters. The van der Waals surface area contributed by atoms with Gasteiger partial charge in [-0.1, -0.05) is 19.1 Å². The zero-order valence-corrected chi connectivity index (χ0v) is 12.7. The van der Waals surface area contributed by atoms with Crippen molar-refractivity contribution in [1.29, 1.82) is 0 Å². The molecule has 2 rings (SSSR count). The lowest BCUT2D eigenvalue weighted by Crippen LogP contribution is -2.37. The first kappa shape index (κ1) is 15.5. The van der Waals surface area contributed by atoms with Crippen LogP contribution >= 0.6 is 0 Å². The Hall–Kier alpha value is -1.85. The van der Waals surface area contributed by atoms with E-state index in [2.05, 4.69) is 4.98 Å². The molecule has 0 fully saturated rings. The highest BCUT2D eigenvalue weighted by Gasteiger charge is 2.26. The number of nitrogens with two attached hydrogens (primary N) is 1. The second-order valence-electron chi connectivity index (χ2n) is 5.08. The summed E-state index contributed by atoms with van der Waals surface area (Å²) in [7, 11) is 1.67. The number of carbonyl (C=O) groups is 1. The summed E-state index contributed by atoms with van der Waals surface area (Å²) in [5, 5.41) is 1.08. The first-order chi connectivity index (χ1) is 10.1. The quantitative estimate of drug-likeness (QED) is 0.800. The van der Waals surface area contributed by atoms with Gasteiger partial charge in [0, 0.05) is 30.1 Å². The van der Waals surface area contributed by atoms with Gasteiger partial charge in [-0.25, -0.2) is 0 Å². The number of fused-ring (bicyclic) bond motifs is 1. The lowest BCUT2D eigenvalue weighted by molar-refractivity contribution is -0.145. The second kappa shape index (κ2) is 6.74. The summed E-state index contributed by atoms with van der Waals surface area (Å²) in [6.07, 6.45) is 1.91. The third-order valence-electron chi connectivity index (χ3n) is 3.71. The summed E-state index contributed by atoms with van der Waals surface area (Å²) in [6.45, 7) is 4.57. The van der Waals surface area contributed by atoms with Crippen molar-refractivity contribution in [3.05, 3.63) is 35.5 Å². The van der Waals surface area contributed by atoms with Crippen molar-refractivity contribution >= 4 is 16.9 Å². The molecule has 5 heteroatoms. The molecule has 0 aliphatic carbocycles. The maximum Gasteiger partial charge on any atom is 0.323 e. The fraction of sp³-hybridized carbons (Fsp3) is 0.438. The van der Waals surface area contributed by atoms with E-state index in [1.165, 1.54) is 0 Å². The molecule has 1 aromatic carbocycles. The molecule has 2 unspecified atom stereocenters. The van der Waals surface area contributed by atoms with Crippen molar-refractivity contribution in [3.63, 3.8) is 0 Å². The van der Waals surface area contributed by atoms with Gasteiger partial charge in [0.1, 0.15) is 6.04 Å². The molecule has 0 bridgehead atoms. The van der Waals surface area contributed by atoms with E-state index in [0.717, 1.165) is 22.0 Å². The van der Waals surface area contributed by atoms with E-state index in [0.29, 0.717) is 13.2 Å². The maximum atomic E-state index is 11.8. The molecule has 114 valence electrons. The molecule has 21 heavy (non-hydrogen) atoms. The molecule has 1 heterocycles. The van der Waals surface area contributed by atoms with Crippen LogP contribution in [0.2, 0.25) is 0 Å². The van der Waals surface area contributed by atoms with Crippen LogP contribution in [-0.4, -0.2) is 30.7 Å². The van der Waals surface area contributed by atoms with Gasteiger partial charge in [0.25, 0.3) is 0 Å². The van der Waals surface area contributed by atoms with Crippen LogP contribution in [-0.2, 0) is 20.9 Å². The van der Waals surface area contributed by atoms with Crippen LogP contribution in [0.5, 0.6) is 0 Å². The number of ether oxygens (including phenoxy) is 2. The van der Waals surface area contributed by atoms with Crippen LogP contribution in [0.15, 0.2) is 24.4 Å². The Bertz CT molecular complexity index is 621. The molecule has 0 spiro atoms. The minimum Gasteiger partial charge on any atom is -0.465 e. The van der Waals surface area contributed by atoms with Gasteiger partial charge in [-0.3, -0.25) is 4.79 Å².